The summed E-state index contributed by atoms with van der Waals surface area (Å²) in [4.78, 5) is 25.7. The standard InChI is InChI=1S/C12H17N3O.C4H4O4/c1-16-11-4-10(5-14-6-11)15-8-9-2-3-13-7-12(9)15;5-3(6)1-2-4(7)8/h4-6,9,12-13H,2-3,7-8H2,1H3;1-2H,(H,5,6)(H,7,8)/t9-,12-;/m1./s1. The number of piperidine rings is 1. The van der Waals surface area contributed by atoms with Gasteiger partial charge in [-0.15, -0.1) is 0 Å². The van der Waals surface area contributed by atoms with Gasteiger partial charge in [-0.1, -0.05) is 0 Å². The molecule has 2 aliphatic heterocycles. The molecule has 3 heterocycles. The van der Waals surface area contributed by atoms with Gasteiger partial charge in [0.25, 0.3) is 0 Å². The zero-order valence-corrected chi connectivity index (χ0v) is 13.4. The van der Waals surface area contributed by atoms with Crippen molar-refractivity contribution in [2.24, 2.45) is 5.92 Å². The molecule has 0 spiro atoms. The lowest BCUT2D eigenvalue weighted by molar-refractivity contribution is -0.134. The average Bonchev–Trinajstić information content (AvgIpc) is 2.55. The first-order valence-corrected chi connectivity index (χ1v) is 7.61. The van der Waals surface area contributed by atoms with Gasteiger partial charge in [-0.3, -0.25) is 4.98 Å². The van der Waals surface area contributed by atoms with Gasteiger partial charge in [-0.05, 0) is 18.9 Å². The van der Waals surface area contributed by atoms with E-state index in [0.717, 1.165) is 18.2 Å². The lowest BCUT2D eigenvalue weighted by Crippen LogP contribution is -2.63. The van der Waals surface area contributed by atoms with Gasteiger partial charge in [0.15, 0.2) is 0 Å². The normalized spacial score (nSPS) is 22.0. The molecule has 130 valence electrons. The van der Waals surface area contributed by atoms with E-state index >= 15 is 0 Å². The predicted octanol–water partition coefficient (Wildman–Crippen LogP) is 0.600. The fourth-order valence-electron chi connectivity index (χ4n) is 2.84. The number of hydrogen-bond donors (Lipinski definition) is 3. The van der Waals surface area contributed by atoms with Gasteiger partial charge >= 0.3 is 11.9 Å². The Morgan fingerprint density at radius 2 is 2.04 bits per heavy atom. The van der Waals surface area contributed by atoms with Crippen LogP contribution in [-0.4, -0.2) is 59.9 Å². The van der Waals surface area contributed by atoms with Crippen LogP contribution in [-0.2, 0) is 9.59 Å². The van der Waals surface area contributed by atoms with Gasteiger partial charge in [0.2, 0.25) is 0 Å². The van der Waals surface area contributed by atoms with E-state index in [1.807, 2.05) is 6.20 Å². The number of hydrogen-bond acceptors (Lipinski definition) is 6. The number of rotatable bonds is 4. The van der Waals surface area contributed by atoms with Crippen LogP contribution in [0.15, 0.2) is 30.6 Å². The number of pyridine rings is 1. The molecule has 24 heavy (non-hydrogen) atoms. The molecular formula is C16H21N3O5. The molecule has 0 aliphatic carbocycles. The van der Waals surface area contributed by atoms with Crippen LogP contribution < -0.4 is 15.0 Å². The Bertz CT molecular complexity index is 603. The number of fused-ring (bicyclic) bond motifs is 1. The Morgan fingerprint density at radius 1 is 1.33 bits per heavy atom. The van der Waals surface area contributed by atoms with Gasteiger partial charge in [0.05, 0.1) is 25.2 Å². The summed E-state index contributed by atoms with van der Waals surface area (Å²) in [7, 11) is 1.68. The van der Waals surface area contributed by atoms with Gasteiger partial charge in [0.1, 0.15) is 5.75 Å². The Hall–Kier alpha value is -2.61. The number of ether oxygens (including phenoxy) is 1. The zero-order valence-electron chi connectivity index (χ0n) is 13.4. The molecule has 0 saturated carbocycles. The zero-order chi connectivity index (χ0) is 17.5. The Morgan fingerprint density at radius 3 is 2.62 bits per heavy atom. The van der Waals surface area contributed by atoms with Crippen molar-refractivity contribution in [3.63, 3.8) is 0 Å². The molecule has 2 fully saturated rings. The summed E-state index contributed by atoms with van der Waals surface area (Å²) in [5, 5.41) is 19.1. The first kappa shape index (κ1) is 17.7. The summed E-state index contributed by atoms with van der Waals surface area (Å²) in [5.41, 5.74) is 1.18. The van der Waals surface area contributed by atoms with Gasteiger partial charge in [-0.2, -0.15) is 0 Å². The van der Waals surface area contributed by atoms with Crippen LogP contribution in [0.3, 0.4) is 0 Å². The number of aliphatic carboxylic acids is 2. The van der Waals surface area contributed by atoms with Crippen molar-refractivity contribution in [3.05, 3.63) is 30.6 Å². The van der Waals surface area contributed by atoms with Crippen molar-refractivity contribution in [3.8, 4) is 5.75 Å². The Balaban J connectivity index is 0.000000224. The summed E-state index contributed by atoms with van der Waals surface area (Å²) in [6.45, 7) is 3.44. The Labute approximate surface area is 139 Å². The molecule has 0 unspecified atom stereocenters. The highest BCUT2D eigenvalue weighted by Gasteiger charge is 2.40. The van der Waals surface area contributed by atoms with Gasteiger partial charge in [0, 0.05) is 37.3 Å². The number of methoxy groups -OCH3 is 1. The number of anilines is 1. The SMILES string of the molecule is COc1cncc(N2C[C@H]3CCNC[C@H]32)c1.O=C(O)C=CC(=O)O. The number of carbonyl (C=O) groups is 2. The predicted molar refractivity (Wildman–Crippen MR) is 87.3 cm³/mol. The third kappa shape index (κ3) is 4.69. The van der Waals surface area contributed by atoms with Crippen molar-refractivity contribution in [1.82, 2.24) is 10.3 Å². The van der Waals surface area contributed by atoms with Crippen LogP contribution in [0.2, 0.25) is 0 Å². The lowest BCUT2D eigenvalue weighted by Gasteiger charge is -2.52. The third-order valence-electron chi connectivity index (χ3n) is 4.06. The van der Waals surface area contributed by atoms with Crippen LogP contribution >= 0.6 is 0 Å². The summed E-state index contributed by atoms with van der Waals surface area (Å²) >= 11 is 0. The monoisotopic (exact) mass is 335 g/mol. The van der Waals surface area contributed by atoms with E-state index in [4.69, 9.17) is 14.9 Å². The van der Waals surface area contributed by atoms with Crippen molar-refractivity contribution in [2.75, 3.05) is 31.6 Å². The molecule has 0 amide bonds. The summed E-state index contributed by atoms with van der Waals surface area (Å²) in [6.07, 6.45) is 6.09. The number of nitrogens with zero attached hydrogens (tertiary/aromatic N) is 2. The molecule has 1 aromatic heterocycles. The maximum Gasteiger partial charge on any atom is 0.328 e. The molecule has 2 saturated heterocycles. The van der Waals surface area contributed by atoms with E-state index in [-0.39, 0.29) is 0 Å². The van der Waals surface area contributed by atoms with E-state index in [0.29, 0.717) is 18.2 Å². The molecule has 2 aliphatic rings. The summed E-state index contributed by atoms with van der Waals surface area (Å²) < 4.78 is 5.20. The average molecular weight is 335 g/mol. The second kappa shape index (κ2) is 8.30. The van der Waals surface area contributed by atoms with Crippen LogP contribution in [0.25, 0.3) is 0 Å². The summed E-state index contributed by atoms with van der Waals surface area (Å²) in [6, 6.07) is 2.72. The quantitative estimate of drug-likeness (QED) is 0.686. The lowest BCUT2D eigenvalue weighted by atomic mass is 9.83. The molecule has 0 radical (unpaired) electrons. The summed E-state index contributed by atoms with van der Waals surface area (Å²) in [5.74, 6) is -0.808. The van der Waals surface area contributed by atoms with E-state index in [2.05, 4.69) is 21.3 Å². The fourth-order valence-corrected chi connectivity index (χ4v) is 2.84. The molecule has 0 bridgehead atoms. The third-order valence-corrected chi connectivity index (χ3v) is 4.06. The second-order valence-electron chi connectivity index (χ2n) is 5.57. The van der Waals surface area contributed by atoms with E-state index < -0.39 is 11.9 Å². The number of aromatic nitrogens is 1. The van der Waals surface area contributed by atoms with Crippen molar-refractivity contribution < 1.29 is 24.5 Å². The number of carboxylic acid groups (broad SMARTS) is 2. The van der Waals surface area contributed by atoms with Gasteiger partial charge < -0.3 is 25.2 Å². The molecule has 1 aromatic rings. The number of carboxylic acids is 2. The van der Waals surface area contributed by atoms with Crippen LogP contribution in [0.1, 0.15) is 6.42 Å². The molecule has 8 nitrogen and oxygen atoms in total. The van der Waals surface area contributed by atoms with Crippen molar-refractivity contribution in [2.45, 2.75) is 12.5 Å². The molecule has 8 heteroatoms. The van der Waals surface area contributed by atoms with E-state index in [1.165, 1.54) is 25.2 Å². The molecule has 2 atom stereocenters. The number of nitrogens with one attached hydrogen (secondary N) is 1. The van der Waals surface area contributed by atoms with Crippen LogP contribution in [0.4, 0.5) is 5.69 Å². The highest BCUT2D eigenvalue weighted by atomic mass is 16.5. The van der Waals surface area contributed by atoms with Crippen molar-refractivity contribution >= 4 is 17.6 Å². The minimum Gasteiger partial charge on any atom is -0.495 e. The molecular weight excluding hydrogens is 314 g/mol. The van der Waals surface area contributed by atoms with E-state index in [9.17, 15) is 9.59 Å². The Kier molecular flexibility index (Phi) is 6.14. The van der Waals surface area contributed by atoms with E-state index in [1.54, 1.807) is 13.3 Å². The topological polar surface area (TPSA) is 112 Å². The maximum absolute atomic E-state index is 9.55. The molecule has 3 N–H and O–H groups in total. The molecule has 3 rings (SSSR count). The second-order valence-corrected chi connectivity index (χ2v) is 5.57. The fraction of sp³-hybridized carbons (Fsp3) is 0.438. The minimum absolute atomic E-state index is 0.558. The van der Waals surface area contributed by atoms with Crippen LogP contribution in [0.5, 0.6) is 5.75 Å². The first-order valence-electron chi connectivity index (χ1n) is 7.61. The minimum atomic E-state index is -1.26. The van der Waals surface area contributed by atoms with Crippen LogP contribution in [0, 0.1) is 5.92 Å². The largest absolute Gasteiger partial charge is 0.495 e. The smallest absolute Gasteiger partial charge is 0.328 e. The van der Waals surface area contributed by atoms with Crippen molar-refractivity contribution in [1.29, 1.82) is 0 Å². The van der Waals surface area contributed by atoms with Gasteiger partial charge in [-0.25, -0.2) is 9.59 Å². The molecule has 0 aromatic carbocycles. The first-order chi connectivity index (χ1) is 11.5. The maximum atomic E-state index is 9.55. The highest BCUT2D eigenvalue weighted by molar-refractivity contribution is 5.89. The highest BCUT2D eigenvalue weighted by Crippen LogP contribution is 2.35.